The molecule has 1 atom stereocenters. The van der Waals surface area contributed by atoms with Gasteiger partial charge in [-0.3, -0.25) is 4.31 Å². The molecule has 0 aliphatic heterocycles. The summed E-state index contributed by atoms with van der Waals surface area (Å²) < 4.78 is 63.8. The van der Waals surface area contributed by atoms with Gasteiger partial charge in [0.15, 0.2) is 11.0 Å². The minimum Gasteiger partial charge on any atom is -0.285 e. The fraction of sp³-hybridized carbons (Fsp3) is 0.250. The van der Waals surface area contributed by atoms with Crippen LogP contribution in [0.2, 0.25) is 5.02 Å². The molecule has 0 N–H and O–H groups in total. The molecule has 0 spiro atoms. The highest BCUT2D eigenvalue weighted by Gasteiger charge is 2.20. The molecule has 1 unspecified atom stereocenters. The van der Waals surface area contributed by atoms with Crippen LogP contribution < -0.4 is 4.31 Å². The van der Waals surface area contributed by atoms with Crippen molar-refractivity contribution in [2.24, 2.45) is 0 Å². The number of hydrogen-bond acceptors (Lipinski definition) is 3. The predicted octanol–water partition coefficient (Wildman–Crippen LogP) is 4.50. The van der Waals surface area contributed by atoms with Crippen LogP contribution in [0.5, 0.6) is 0 Å². The molecule has 0 saturated carbocycles. The molecule has 2 rings (SSSR count). The van der Waals surface area contributed by atoms with Crippen LogP contribution in [0.25, 0.3) is 0 Å². The van der Waals surface area contributed by atoms with E-state index in [1.165, 1.54) is 28.6 Å². The van der Waals surface area contributed by atoms with E-state index in [0.717, 1.165) is 18.2 Å². The third-order valence-corrected chi connectivity index (χ3v) is 6.34. The van der Waals surface area contributed by atoms with Crippen molar-refractivity contribution in [3.05, 3.63) is 59.1 Å². The van der Waals surface area contributed by atoms with Gasteiger partial charge in [0, 0.05) is 28.3 Å². The van der Waals surface area contributed by atoms with Crippen molar-refractivity contribution in [2.45, 2.75) is 17.7 Å². The predicted molar refractivity (Wildman–Crippen MR) is 100 cm³/mol. The Labute approximate surface area is 162 Å². The maximum Gasteiger partial charge on any atom is 0.232 e. The zero-order valence-electron chi connectivity index (χ0n) is 13.4. The van der Waals surface area contributed by atoms with Gasteiger partial charge in [0.25, 0.3) is 0 Å². The molecule has 0 heterocycles. The van der Waals surface area contributed by atoms with Crippen molar-refractivity contribution in [3.8, 4) is 0 Å². The van der Waals surface area contributed by atoms with Crippen LogP contribution >= 0.6 is 22.3 Å². The number of hydrogen-bond donors (Lipinski definition) is 0. The van der Waals surface area contributed by atoms with Crippen LogP contribution in [0.3, 0.4) is 0 Å². The first-order valence-corrected chi connectivity index (χ1v) is 11.5. The topological polar surface area (TPSA) is 54.5 Å². The maximum absolute atomic E-state index is 14.2. The summed E-state index contributed by atoms with van der Waals surface area (Å²) in [6.07, 6.45) is 0.457. The van der Waals surface area contributed by atoms with Crippen molar-refractivity contribution < 1.29 is 21.4 Å². The third kappa shape index (κ3) is 6.19. The molecule has 0 bridgehead atoms. The molecule has 4 nitrogen and oxygen atoms in total. The second-order valence-corrected chi connectivity index (χ2v) is 10.1. The van der Waals surface area contributed by atoms with E-state index >= 15 is 0 Å². The van der Waals surface area contributed by atoms with E-state index in [1.807, 2.05) is 0 Å². The molecule has 0 aliphatic carbocycles. The summed E-state index contributed by atoms with van der Waals surface area (Å²) in [5.41, 5.74) is -0.174. The van der Waals surface area contributed by atoms with Crippen molar-refractivity contribution >= 4 is 48.0 Å². The molecular weight excluding hydrogens is 427 g/mol. The lowest BCUT2D eigenvalue weighted by Crippen LogP contribution is -2.28. The average Bonchev–Trinajstić information content (AvgIpc) is 2.57. The fourth-order valence-electron chi connectivity index (χ4n) is 2.18. The number of rotatable bonds is 8. The van der Waals surface area contributed by atoms with E-state index in [4.69, 9.17) is 22.3 Å². The highest BCUT2D eigenvalue weighted by molar-refractivity contribution is 8.13. The normalized spacial score (nSPS) is 12.8. The number of halogens is 4. The molecule has 2 aromatic rings. The first-order chi connectivity index (χ1) is 12.2. The van der Waals surface area contributed by atoms with E-state index in [-0.39, 0.29) is 30.8 Å². The van der Waals surface area contributed by atoms with Crippen LogP contribution in [-0.2, 0) is 20.0 Å². The summed E-state index contributed by atoms with van der Waals surface area (Å²) in [6, 6.07) is 8.96. The number of anilines is 1. The minimum absolute atomic E-state index is 0.0437. The van der Waals surface area contributed by atoms with E-state index in [9.17, 15) is 21.4 Å². The van der Waals surface area contributed by atoms with Crippen LogP contribution in [-0.4, -0.2) is 24.9 Å². The largest absolute Gasteiger partial charge is 0.285 e. The van der Waals surface area contributed by atoms with Gasteiger partial charge in [-0.15, -0.1) is 0 Å². The quantitative estimate of drug-likeness (QED) is 0.447. The Kier molecular flexibility index (Phi) is 7.40. The lowest BCUT2D eigenvalue weighted by Gasteiger charge is -2.24. The first kappa shape index (κ1) is 21.1. The fourth-order valence-corrected chi connectivity index (χ4v) is 4.42. The Balaban J connectivity index is 2.27. The summed E-state index contributed by atoms with van der Waals surface area (Å²) in [7, 11) is -0.326. The van der Waals surface area contributed by atoms with Crippen LogP contribution in [0.4, 0.5) is 14.5 Å². The highest BCUT2D eigenvalue weighted by atomic mass is 35.7. The molecule has 26 heavy (non-hydrogen) atoms. The Morgan fingerprint density at radius 3 is 2.31 bits per heavy atom. The number of unbranched alkanes of at least 4 members (excludes halogenated alkanes) is 1. The second-order valence-electron chi connectivity index (χ2n) is 5.35. The van der Waals surface area contributed by atoms with Gasteiger partial charge in [0.05, 0.1) is 16.3 Å². The standard InChI is InChI=1S/C16H15Cl2F2NO3S2/c17-12-3-6-14(7-4-12)25(22)21(9-1-2-10-26(18,23)24)16-11-13(19)5-8-15(16)20/h3-8,11H,1-2,9-10H2. The summed E-state index contributed by atoms with van der Waals surface area (Å²) in [4.78, 5) is 0.350. The van der Waals surface area contributed by atoms with E-state index < -0.39 is 31.7 Å². The van der Waals surface area contributed by atoms with E-state index in [2.05, 4.69) is 0 Å². The lowest BCUT2D eigenvalue weighted by atomic mass is 10.2. The molecule has 10 heteroatoms. The summed E-state index contributed by atoms with van der Waals surface area (Å²) in [5.74, 6) is -1.68. The smallest absolute Gasteiger partial charge is 0.232 e. The van der Waals surface area contributed by atoms with Gasteiger partial charge in [-0.1, -0.05) is 11.6 Å². The number of benzene rings is 2. The maximum atomic E-state index is 14.2. The van der Waals surface area contributed by atoms with Crippen LogP contribution in [0.15, 0.2) is 47.4 Å². The zero-order chi connectivity index (χ0) is 19.3. The summed E-state index contributed by atoms with van der Waals surface area (Å²) >= 11 is 5.81. The Bertz CT molecular complexity index is 893. The first-order valence-electron chi connectivity index (χ1n) is 7.50. The van der Waals surface area contributed by atoms with Crippen molar-refractivity contribution in [2.75, 3.05) is 16.6 Å². The van der Waals surface area contributed by atoms with Crippen molar-refractivity contribution in [1.29, 1.82) is 0 Å². The average molecular weight is 442 g/mol. The molecule has 0 radical (unpaired) electrons. The molecule has 0 aromatic heterocycles. The van der Waals surface area contributed by atoms with Crippen LogP contribution in [0.1, 0.15) is 12.8 Å². The molecule has 0 saturated heterocycles. The Hall–Kier alpha value is -1.22. The molecule has 0 aliphatic rings. The van der Waals surface area contributed by atoms with Gasteiger partial charge in [-0.05, 0) is 49.2 Å². The van der Waals surface area contributed by atoms with Gasteiger partial charge < -0.3 is 0 Å². The number of nitrogens with zero attached hydrogens (tertiary/aromatic N) is 1. The van der Waals surface area contributed by atoms with Gasteiger partial charge >= 0.3 is 0 Å². The Morgan fingerprint density at radius 2 is 1.69 bits per heavy atom. The zero-order valence-corrected chi connectivity index (χ0v) is 16.5. The monoisotopic (exact) mass is 441 g/mol. The third-order valence-electron chi connectivity index (χ3n) is 3.39. The van der Waals surface area contributed by atoms with E-state index in [0.29, 0.717) is 9.92 Å². The molecule has 2 aromatic carbocycles. The highest BCUT2D eigenvalue weighted by Crippen LogP contribution is 2.26. The van der Waals surface area contributed by atoms with Gasteiger partial charge in [-0.25, -0.2) is 21.4 Å². The molecule has 142 valence electrons. The summed E-state index contributed by atoms with van der Waals surface area (Å²) in [6.45, 7) is 0.0437. The van der Waals surface area contributed by atoms with Gasteiger partial charge in [0.1, 0.15) is 11.6 Å². The van der Waals surface area contributed by atoms with Gasteiger partial charge in [-0.2, -0.15) is 0 Å². The van der Waals surface area contributed by atoms with Gasteiger partial charge in [0.2, 0.25) is 9.05 Å². The molecule has 0 fully saturated rings. The lowest BCUT2D eigenvalue weighted by molar-refractivity contribution is 0.596. The molecule has 0 amide bonds. The van der Waals surface area contributed by atoms with Crippen molar-refractivity contribution in [1.82, 2.24) is 0 Å². The van der Waals surface area contributed by atoms with E-state index in [1.54, 1.807) is 0 Å². The minimum atomic E-state index is -3.65. The van der Waals surface area contributed by atoms with Crippen molar-refractivity contribution in [3.63, 3.8) is 0 Å². The Morgan fingerprint density at radius 1 is 1.04 bits per heavy atom. The molecular formula is C16H15Cl2F2NO3S2. The van der Waals surface area contributed by atoms with Crippen LogP contribution in [0, 0.1) is 11.6 Å². The summed E-state index contributed by atoms with van der Waals surface area (Å²) in [5, 5.41) is 0.446. The second kappa shape index (κ2) is 9.12. The SMILES string of the molecule is O=S(c1ccc(Cl)cc1)N(CCCCS(=O)(=O)Cl)c1cc(F)ccc1F.